The number of anilines is 1. The number of esters is 1. The average Bonchev–Trinajstić information content (AvgIpc) is 2.82. The van der Waals surface area contributed by atoms with Crippen molar-refractivity contribution in [2.45, 2.75) is 6.61 Å². The largest absolute Gasteiger partial charge is 0.457 e. The highest BCUT2D eigenvalue weighted by Gasteiger charge is 2.09. The summed E-state index contributed by atoms with van der Waals surface area (Å²) in [7, 11) is 0. The second kappa shape index (κ2) is 5.21. The molecule has 0 saturated carbocycles. The van der Waals surface area contributed by atoms with Crippen molar-refractivity contribution in [3.8, 4) is 0 Å². The Hall–Kier alpha value is -1.52. The number of carbonyl (C=O) groups is 1. The minimum absolute atomic E-state index is 0.269. The number of rotatable bonds is 3. The van der Waals surface area contributed by atoms with E-state index in [-0.39, 0.29) is 6.61 Å². The van der Waals surface area contributed by atoms with Gasteiger partial charge in [0.25, 0.3) is 0 Å². The van der Waals surface area contributed by atoms with Crippen molar-refractivity contribution in [3.63, 3.8) is 0 Å². The first-order valence-electron chi connectivity index (χ1n) is 4.90. The van der Waals surface area contributed by atoms with E-state index in [1.54, 1.807) is 23.5 Å². The Morgan fingerprint density at radius 2 is 2.24 bits per heavy atom. The molecule has 0 aliphatic carbocycles. The molecule has 0 unspecified atom stereocenters. The summed E-state index contributed by atoms with van der Waals surface area (Å²) in [5.41, 5.74) is 7.36. The lowest BCUT2D eigenvalue weighted by Gasteiger charge is -2.05. The van der Waals surface area contributed by atoms with Crippen LogP contribution in [-0.2, 0) is 11.3 Å². The zero-order valence-corrected chi connectivity index (χ0v) is 10.4. The van der Waals surface area contributed by atoms with Crippen molar-refractivity contribution in [2.75, 3.05) is 5.73 Å². The Bertz CT molecular complexity index is 525. The molecular weight excluding hydrogens is 258 g/mol. The SMILES string of the molecule is Nc1cc(C(=O)OCc2ccsc2)ccc1Cl. The Kier molecular flexibility index (Phi) is 3.66. The number of nitrogen functional groups attached to an aromatic ring is 1. The maximum Gasteiger partial charge on any atom is 0.338 e. The predicted octanol–water partition coefficient (Wildman–Crippen LogP) is 3.34. The normalized spacial score (nSPS) is 10.2. The Labute approximate surface area is 108 Å². The summed E-state index contributed by atoms with van der Waals surface area (Å²) >= 11 is 7.33. The summed E-state index contributed by atoms with van der Waals surface area (Å²) in [6.07, 6.45) is 0. The number of hydrogen-bond donors (Lipinski definition) is 1. The molecule has 0 aliphatic heterocycles. The zero-order chi connectivity index (χ0) is 12.3. The number of ether oxygens (including phenoxy) is 1. The molecule has 2 N–H and O–H groups in total. The highest BCUT2D eigenvalue weighted by Crippen LogP contribution is 2.20. The summed E-state index contributed by atoms with van der Waals surface area (Å²) in [4.78, 5) is 11.7. The first-order valence-corrected chi connectivity index (χ1v) is 6.22. The fourth-order valence-electron chi connectivity index (χ4n) is 1.28. The molecule has 2 aromatic rings. The van der Waals surface area contributed by atoms with Crippen LogP contribution in [0.25, 0.3) is 0 Å². The smallest absolute Gasteiger partial charge is 0.338 e. The van der Waals surface area contributed by atoms with E-state index in [1.807, 2.05) is 16.8 Å². The van der Waals surface area contributed by atoms with E-state index in [9.17, 15) is 4.79 Å². The lowest BCUT2D eigenvalue weighted by atomic mass is 10.2. The third-order valence-electron chi connectivity index (χ3n) is 2.18. The minimum Gasteiger partial charge on any atom is -0.457 e. The summed E-state index contributed by atoms with van der Waals surface area (Å²) in [6, 6.07) is 6.60. The summed E-state index contributed by atoms with van der Waals surface area (Å²) in [5.74, 6) is -0.403. The van der Waals surface area contributed by atoms with E-state index >= 15 is 0 Å². The molecule has 0 bridgehead atoms. The maximum atomic E-state index is 11.7. The second-order valence-corrected chi connectivity index (χ2v) is 4.63. The quantitative estimate of drug-likeness (QED) is 0.685. The Morgan fingerprint density at radius 3 is 2.88 bits per heavy atom. The number of benzene rings is 1. The first-order chi connectivity index (χ1) is 8.16. The molecule has 5 heteroatoms. The molecule has 0 radical (unpaired) electrons. The van der Waals surface area contributed by atoms with E-state index in [1.165, 1.54) is 6.07 Å². The molecule has 88 valence electrons. The standard InChI is InChI=1S/C12H10ClNO2S/c13-10-2-1-9(5-11(10)14)12(15)16-6-8-3-4-17-7-8/h1-5,7H,6,14H2. The van der Waals surface area contributed by atoms with E-state index < -0.39 is 5.97 Å². The zero-order valence-electron chi connectivity index (χ0n) is 8.85. The first kappa shape index (κ1) is 12.0. The lowest BCUT2D eigenvalue weighted by Crippen LogP contribution is -2.05. The van der Waals surface area contributed by atoms with E-state index in [0.717, 1.165) is 5.56 Å². The van der Waals surface area contributed by atoms with Crippen LogP contribution < -0.4 is 5.73 Å². The monoisotopic (exact) mass is 267 g/mol. The molecule has 17 heavy (non-hydrogen) atoms. The fraction of sp³-hybridized carbons (Fsp3) is 0.0833. The average molecular weight is 268 g/mol. The maximum absolute atomic E-state index is 11.7. The van der Waals surface area contributed by atoms with E-state index in [0.29, 0.717) is 16.3 Å². The van der Waals surface area contributed by atoms with Gasteiger partial charge in [0.15, 0.2) is 0 Å². The van der Waals surface area contributed by atoms with Gasteiger partial charge >= 0.3 is 5.97 Å². The molecule has 0 saturated heterocycles. The molecule has 1 aromatic heterocycles. The molecule has 3 nitrogen and oxygen atoms in total. The summed E-state index contributed by atoms with van der Waals surface area (Å²) in [6.45, 7) is 0.269. The molecule has 0 spiro atoms. The van der Waals surface area contributed by atoms with Gasteiger partial charge in [-0.25, -0.2) is 4.79 Å². The van der Waals surface area contributed by atoms with Crippen LogP contribution in [0.15, 0.2) is 35.0 Å². The van der Waals surface area contributed by atoms with Crippen LogP contribution in [0.5, 0.6) is 0 Å². The Balaban J connectivity index is 2.02. The fourth-order valence-corrected chi connectivity index (χ4v) is 2.05. The van der Waals surface area contributed by atoms with Crippen molar-refractivity contribution in [1.29, 1.82) is 0 Å². The van der Waals surface area contributed by atoms with Crippen molar-refractivity contribution >= 4 is 34.6 Å². The number of nitrogens with two attached hydrogens (primary N) is 1. The van der Waals surface area contributed by atoms with Gasteiger partial charge in [0.1, 0.15) is 6.61 Å². The summed E-state index contributed by atoms with van der Waals surface area (Å²) in [5, 5.41) is 4.30. The highest BCUT2D eigenvalue weighted by molar-refractivity contribution is 7.07. The van der Waals surface area contributed by atoms with Crippen molar-refractivity contribution in [1.82, 2.24) is 0 Å². The van der Waals surface area contributed by atoms with E-state index in [2.05, 4.69) is 0 Å². The summed E-state index contributed by atoms with van der Waals surface area (Å²) < 4.78 is 5.14. The van der Waals surface area contributed by atoms with Gasteiger partial charge in [0, 0.05) is 5.56 Å². The van der Waals surface area contributed by atoms with Crippen LogP contribution in [0.4, 0.5) is 5.69 Å². The van der Waals surface area contributed by atoms with Gasteiger partial charge in [-0.2, -0.15) is 11.3 Å². The molecule has 0 fully saturated rings. The van der Waals surface area contributed by atoms with Crippen LogP contribution in [-0.4, -0.2) is 5.97 Å². The van der Waals surface area contributed by atoms with Crippen LogP contribution in [0, 0.1) is 0 Å². The highest BCUT2D eigenvalue weighted by atomic mass is 35.5. The van der Waals surface area contributed by atoms with Gasteiger partial charge in [-0.3, -0.25) is 0 Å². The van der Waals surface area contributed by atoms with Crippen LogP contribution in [0.3, 0.4) is 0 Å². The topological polar surface area (TPSA) is 52.3 Å². The predicted molar refractivity (Wildman–Crippen MR) is 69.3 cm³/mol. The number of thiophene rings is 1. The molecule has 1 aromatic carbocycles. The molecule has 0 aliphatic rings. The van der Waals surface area contributed by atoms with Crippen LogP contribution in [0.2, 0.25) is 5.02 Å². The van der Waals surface area contributed by atoms with Crippen molar-refractivity contribution < 1.29 is 9.53 Å². The van der Waals surface area contributed by atoms with E-state index in [4.69, 9.17) is 22.1 Å². The van der Waals surface area contributed by atoms with Gasteiger partial charge in [-0.15, -0.1) is 0 Å². The van der Waals surface area contributed by atoms with Gasteiger partial charge < -0.3 is 10.5 Å². The molecule has 2 rings (SSSR count). The number of halogens is 1. The number of hydrogen-bond acceptors (Lipinski definition) is 4. The third-order valence-corrected chi connectivity index (χ3v) is 3.26. The van der Waals surface area contributed by atoms with Crippen LogP contribution >= 0.6 is 22.9 Å². The lowest BCUT2D eigenvalue weighted by molar-refractivity contribution is 0.0473. The Morgan fingerprint density at radius 1 is 1.41 bits per heavy atom. The second-order valence-electron chi connectivity index (χ2n) is 3.44. The van der Waals surface area contributed by atoms with Gasteiger partial charge in [-0.05, 0) is 35.0 Å². The van der Waals surface area contributed by atoms with Gasteiger partial charge in [-0.1, -0.05) is 11.6 Å². The minimum atomic E-state index is -0.403. The molecule has 0 atom stereocenters. The van der Waals surface area contributed by atoms with Gasteiger partial charge in [0.05, 0.1) is 16.3 Å². The molecular formula is C12H10ClNO2S. The van der Waals surface area contributed by atoms with Crippen LogP contribution in [0.1, 0.15) is 15.9 Å². The molecule has 0 amide bonds. The van der Waals surface area contributed by atoms with Crippen molar-refractivity contribution in [3.05, 3.63) is 51.2 Å². The van der Waals surface area contributed by atoms with Gasteiger partial charge in [0.2, 0.25) is 0 Å². The number of carbonyl (C=O) groups excluding carboxylic acids is 1. The third kappa shape index (κ3) is 2.99. The molecule has 1 heterocycles. The van der Waals surface area contributed by atoms with Crippen molar-refractivity contribution in [2.24, 2.45) is 0 Å².